The summed E-state index contributed by atoms with van der Waals surface area (Å²) in [5.41, 5.74) is 2.82. The Morgan fingerprint density at radius 2 is 1.77 bits per heavy atom. The first-order chi connectivity index (χ1) is 17.0. The summed E-state index contributed by atoms with van der Waals surface area (Å²) in [6.07, 6.45) is 3.21. The Morgan fingerprint density at radius 3 is 2.37 bits per heavy atom. The van der Waals surface area contributed by atoms with Gasteiger partial charge in [0, 0.05) is 35.1 Å². The lowest BCUT2D eigenvalue weighted by Crippen LogP contribution is -2.13. The molecule has 1 N–H and O–H groups in total. The molecule has 0 aliphatic carbocycles. The molecule has 4 rings (SSSR count). The first-order valence-corrected chi connectivity index (χ1v) is 10.5. The van der Waals surface area contributed by atoms with Crippen molar-refractivity contribution >= 4 is 23.4 Å². The number of non-ortho nitro benzene ring substituents is 1. The fourth-order valence-corrected chi connectivity index (χ4v) is 3.35. The van der Waals surface area contributed by atoms with Gasteiger partial charge in [0.05, 0.1) is 23.4 Å². The van der Waals surface area contributed by atoms with Gasteiger partial charge in [0.1, 0.15) is 17.4 Å². The van der Waals surface area contributed by atoms with Crippen LogP contribution in [-0.4, -0.2) is 27.7 Å². The van der Waals surface area contributed by atoms with Gasteiger partial charge in [0.2, 0.25) is 0 Å². The van der Waals surface area contributed by atoms with Crippen LogP contribution in [0.5, 0.6) is 5.75 Å². The van der Waals surface area contributed by atoms with E-state index in [0.717, 1.165) is 11.3 Å². The Labute approximate surface area is 200 Å². The van der Waals surface area contributed by atoms with Gasteiger partial charge in [-0.15, -0.1) is 0 Å². The van der Waals surface area contributed by atoms with Crippen LogP contribution in [-0.2, 0) is 4.79 Å². The number of nitro benzene ring substituents is 1. The number of anilines is 1. The monoisotopic (exact) mass is 465 g/mol. The van der Waals surface area contributed by atoms with E-state index in [9.17, 15) is 20.2 Å². The van der Waals surface area contributed by atoms with Crippen LogP contribution in [0, 0.1) is 21.4 Å². The molecule has 1 amide bonds. The number of rotatable bonds is 7. The van der Waals surface area contributed by atoms with E-state index in [0.29, 0.717) is 22.7 Å². The molecule has 35 heavy (non-hydrogen) atoms. The fraction of sp³-hybridized carbons (Fsp3) is 0.0385. The number of benzene rings is 3. The highest BCUT2D eigenvalue weighted by Crippen LogP contribution is 2.28. The van der Waals surface area contributed by atoms with Crippen LogP contribution in [0.4, 0.5) is 11.4 Å². The van der Waals surface area contributed by atoms with Crippen LogP contribution in [0.15, 0.2) is 90.6 Å². The summed E-state index contributed by atoms with van der Waals surface area (Å²) in [4.78, 5) is 23.1. The number of carbonyl (C=O) groups is 1. The molecule has 0 saturated carbocycles. The number of nitrogens with zero attached hydrogens (tertiary/aromatic N) is 4. The lowest BCUT2D eigenvalue weighted by atomic mass is 10.1. The van der Waals surface area contributed by atoms with E-state index in [1.54, 1.807) is 30.1 Å². The van der Waals surface area contributed by atoms with Gasteiger partial charge in [-0.1, -0.05) is 18.2 Å². The van der Waals surface area contributed by atoms with Crippen molar-refractivity contribution in [3.8, 4) is 28.8 Å². The van der Waals surface area contributed by atoms with Crippen molar-refractivity contribution in [2.45, 2.75) is 0 Å². The smallest absolute Gasteiger partial charge is 0.269 e. The molecule has 9 nitrogen and oxygen atoms in total. The number of ether oxygens (including phenoxy) is 1. The largest absolute Gasteiger partial charge is 0.497 e. The minimum Gasteiger partial charge on any atom is -0.497 e. The minimum absolute atomic E-state index is 0.100. The van der Waals surface area contributed by atoms with Gasteiger partial charge >= 0.3 is 0 Å². The molecule has 0 saturated heterocycles. The van der Waals surface area contributed by atoms with Crippen molar-refractivity contribution in [3.05, 3.63) is 106 Å². The average Bonchev–Trinajstić information content (AvgIpc) is 3.32. The second-order valence-corrected chi connectivity index (χ2v) is 7.37. The number of nitriles is 1. The van der Waals surface area contributed by atoms with Crippen LogP contribution in [0.25, 0.3) is 23.0 Å². The molecule has 0 atom stereocenters. The zero-order chi connectivity index (χ0) is 24.8. The van der Waals surface area contributed by atoms with Gasteiger partial charge in [-0.3, -0.25) is 14.9 Å². The summed E-state index contributed by atoms with van der Waals surface area (Å²) in [6.45, 7) is 0. The molecule has 0 aliphatic rings. The van der Waals surface area contributed by atoms with E-state index in [4.69, 9.17) is 4.74 Å². The molecule has 0 spiro atoms. The predicted octanol–water partition coefficient (Wildman–Crippen LogP) is 5.00. The van der Waals surface area contributed by atoms with Crippen molar-refractivity contribution in [2.24, 2.45) is 0 Å². The maximum absolute atomic E-state index is 12.8. The second kappa shape index (κ2) is 10.1. The number of para-hydroxylation sites is 1. The molecule has 0 fully saturated rings. The quantitative estimate of drug-likeness (QED) is 0.177. The summed E-state index contributed by atoms with van der Waals surface area (Å²) in [5, 5.41) is 27.8. The molecule has 172 valence electrons. The Bertz CT molecular complexity index is 1430. The normalized spacial score (nSPS) is 10.9. The predicted molar refractivity (Wildman–Crippen MR) is 131 cm³/mol. The average molecular weight is 465 g/mol. The number of nitrogens with one attached hydrogen (secondary N) is 1. The third kappa shape index (κ3) is 5.23. The Morgan fingerprint density at radius 1 is 1.09 bits per heavy atom. The summed E-state index contributed by atoms with van der Waals surface area (Å²) in [6, 6.07) is 24.0. The molecule has 1 aromatic heterocycles. The van der Waals surface area contributed by atoms with E-state index in [-0.39, 0.29) is 11.3 Å². The number of aromatic nitrogens is 2. The summed E-state index contributed by atoms with van der Waals surface area (Å²) >= 11 is 0. The molecule has 0 radical (unpaired) electrons. The maximum atomic E-state index is 12.8. The van der Waals surface area contributed by atoms with Crippen molar-refractivity contribution in [1.29, 1.82) is 5.26 Å². The fourth-order valence-electron chi connectivity index (χ4n) is 3.35. The van der Waals surface area contributed by atoms with Gasteiger partial charge in [-0.05, 0) is 54.6 Å². The van der Waals surface area contributed by atoms with Gasteiger partial charge < -0.3 is 10.1 Å². The molecule has 0 bridgehead atoms. The number of amides is 1. The molecule has 1 heterocycles. The standard InChI is InChI=1S/C26H19N5O4/c1-35-24-13-7-18(8-14-24)25-20(17-30(29-25)22-5-3-2-4-6-22)15-19(16-27)26(32)28-21-9-11-23(12-10-21)31(33)34/h2-15,17H,1H3,(H,28,32)/b19-15+. The Hall–Kier alpha value is -5.23. The molecule has 0 unspecified atom stereocenters. The van der Waals surface area contributed by atoms with Gasteiger partial charge in [0.25, 0.3) is 11.6 Å². The van der Waals surface area contributed by atoms with Crippen LogP contribution in [0.3, 0.4) is 0 Å². The van der Waals surface area contributed by atoms with E-state index in [1.807, 2.05) is 48.5 Å². The van der Waals surface area contributed by atoms with Crippen LogP contribution < -0.4 is 10.1 Å². The first kappa shape index (κ1) is 22.9. The van der Waals surface area contributed by atoms with Crippen molar-refractivity contribution in [2.75, 3.05) is 12.4 Å². The Kier molecular flexibility index (Phi) is 6.65. The first-order valence-electron chi connectivity index (χ1n) is 10.5. The third-order valence-electron chi connectivity index (χ3n) is 5.13. The van der Waals surface area contributed by atoms with Crippen LogP contribution >= 0.6 is 0 Å². The molecular weight excluding hydrogens is 446 g/mol. The van der Waals surface area contributed by atoms with E-state index in [1.165, 1.54) is 30.3 Å². The van der Waals surface area contributed by atoms with Crippen LogP contribution in [0.2, 0.25) is 0 Å². The second-order valence-electron chi connectivity index (χ2n) is 7.37. The Balaban J connectivity index is 1.70. The number of hydrogen-bond donors (Lipinski definition) is 1. The summed E-state index contributed by atoms with van der Waals surface area (Å²) in [7, 11) is 1.58. The topological polar surface area (TPSA) is 123 Å². The van der Waals surface area contributed by atoms with Crippen molar-refractivity contribution in [1.82, 2.24) is 9.78 Å². The highest BCUT2D eigenvalue weighted by Gasteiger charge is 2.16. The highest BCUT2D eigenvalue weighted by molar-refractivity contribution is 6.10. The molecule has 0 aliphatic heterocycles. The van der Waals surface area contributed by atoms with Crippen molar-refractivity contribution in [3.63, 3.8) is 0 Å². The third-order valence-corrected chi connectivity index (χ3v) is 5.13. The van der Waals surface area contributed by atoms with Gasteiger partial charge in [0.15, 0.2) is 0 Å². The van der Waals surface area contributed by atoms with Gasteiger partial charge in [-0.25, -0.2) is 4.68 Å². The summed E-state index contributed by atoms with van der Waals surface area (Å²) in [5.74, 6) is 0.0445. The zero-order valence-electron chi connectivity index (χ0n) is 18.6. The number of carbonyl (C=O) groups excluding carboxylic acids is 1. The van der Waals surface area contributed by atoms with E-state index in [2.05, 4.69) is 10.4 Å². The van der Waals surface area contributed by atoms with E-state index >= 15 is 0 Å². The molecule has 4 aromatic rings. The van der Waals surface area contributed by atoms with Gasteiger partial charge in [-0.2, -0.15) is 10.4 Å². The maximum Gasteiger partial charge on any atom is 0.269 e. The zero-order valence-corrected chi connectivity index (χ0v) is 18.6. The number of hydrogen-bond acceptors (Lipinski definition) is 6. The van der Waals surface area contributed by atoms with Crippen LogP contribution in [0.1, 0.15) is 5.56 Å². The number of nitro groups is 1. The SMILES string of the molecule is COc1ccc(-c2nn(-c3ccccc3)cc2/C=C(\C#N)C(=O)Nc2ccc([N+](=O)[O-])cc2)cc1. The molecular formula is C26H19N5O4. The molecule has 3 aromatic carbocycles. The van der Waals surface area contributed by atoms with Crippen molar-refractivity contribution < 1.29 is 14.5 Å². The molecule has 9 heteroatoms. The lowest BCUT2D eigenvalue weighted by molar-refractivity contribution is -0.384. The van der Waals surface area contributed by atoms with E-state index < -0.39 is 10.8 Å². The minimum atomic E-state index is -0.644. The lowest BCUT2D eigenvalue weighted by Gasteiger charge is -2.05. The summed E-state index contributed by atoms with van der Waals surface area (Å²) < 4.78 is 6.90. The highest BCUT2D eigenvalue weighted by atomic mass is 16.6. The number of methoxy groups -OCH3 is 1.